The van der Waals surface area contributed by atoms with Crippen molar-refractivity contribution in [1.82, 2.24) is 19.4 Å². The Morgan fingerprint density at radius 1 is 1.13 bits per heavy atom. The standard InChI is InChI=1S/C32H33ClF3N5O3S/c1-3-26(42)39-8-9-40(18(2)13-39)30-21-10-22(33)27(20-11-24(35)25(36)12-23(20)34)29-28(21)41(31(43)37-30)19(15-45-29)14-38-6-4-32(5-7-38)16-44-17-32/h3,10-12,18-19H,1,4-9,13-17H2,2H3/t18-,19-/m0/s1. The Hall–Kier alpha value is -3.06. The number of ether oxygens (including phenoxy) is 1. The molecule has 3 saturated heterocycles. The first-order valence-electron chi connectivity index (χ1n) is 15.1. The van der Waals surface area contributed by atoms with Crippen LogP contribution >= 0.6 is 23.4 Å². The molecule has 3 aromatic rings. The molecule has 0 saturated carbocycles. The number of hydrogen-bond acceptors (Lipinski definition) is 7. The first-order valence-corrected chi connectivity index (χ1v) is 16.5. The first kappa shape index (κ1) is 30.6. The van der Waals surface area contributed by atoms with Crippen LogP contribution in [0.4, 0.5) is 19.0 Å². The van der Waals surface area contributed by atoms with Crippen LogP contribution < -0.4 is 10.6 Å². The SMILES string of the molecule is C=CC(=O)N1CCN(c2nc(=O)n3c4c(c(-c5cc(F)c(F)cc5F)c(Cl)cc24)SC[C@@H]3CN2CCC3(CC2)COC3)[C@@H](C)C1. The van der Waals surface area contributed by atoms with Gasteiger partial charge in [0.05, 0.1) is 29.8 Å². The van der Waals surface area contributed by atoms with Crippen LogP contribution in [0.1, 0.15) is 25.8 Å². The van der Waals surface area contributed by atoms with Gasteiger partial charge in [-0.05, 0) is 51.1 Å². The number of rotatable bonds is 5. The van der Waals surface area contributed by atoms with E-state index in [2.05, 4.69) is 16.5 Å². The molecule has 0 bridgehead atoms. The fraction of sp³-hybridized carbons (Fsp3) is 0.469. The molecule has 7 rings (SSSR count). The van der Waals surface area contributed by atoms with Crippen molar-refractivity contribution in [3.8, 4) is 11.1 Å². The highest BCUT2D eigenvalue weighted by molar-refractivity contribution is 7.99. The Bertz CT molecular complexity index is 1770. The van der Waals surface area contributed by atoms with E-state index in [-0.39, 0.29) is 39.6 Å². The summed E-state index contributed by atoms with van der Waals surface area (Å²) in [6.07, 6.45) is 3.37. The van der Waals surface area contributed by atoms with E-state index in [9.17, 15) is 18.4 Å². The number of anilines is 1. The van der Waals surface area contributed by atoms with E-state index in [1.54, 1.807) is 15.5 Å². The maximum atomic E-state index is 15.2. The van der Waals surface area contributed by atoms with Crippen molar-refractivity contribution in [2.24, 2.45) is 5.41 Å². The summed E-state index contributed by atoms with van der Waals surface area (Å²) in [6.45, 7) is 10.8. The smallest absolute Gasteiger partial charge is 0.350 e. The molecule has 0 aliphatic carbocycles. The number of amides is 1. The second kappa shape index (κ2) is 11.6. The summed E-state index contributed by atoms with van der Waals surface area (Å²) in [5, 5.41) is 0.747. The van der Waals surface area contributed by atoms with Gasteiger partial charge in [-0.3, -0.25) is 9.36 Å². The highest BCUT2D eigenvalue weighted by atomic mass is 35.5. The zero-order valence-electron chi connectivity index (χ0n) is 24.8. The molecule has 2 atom stereocenters. The number of piperidine rings is 1. The Labute approximate surface area is 267 Å². The fourth-order valence-electron chi connectivity index (χ4n) is 7.17. The Balaban J connectivity index is 1.35. The minimum atomic E-state index is -1.29. The van der Waals surface area contributed by atoms with Crippen LogP contribution in [0.15, 0.2) is 40.5 Å². The number of benzene rings is 2. The van der Waals surface area contributed by atoms with Crippen LogP contribution in [-0.4, -0.2) is 89.5 Å². The monoisotopic (exact) mass is 659 g/mol. The molecule has 5 heterocycles. The molecule has 3 fully saturated rings. The molecule has 8 nitrogen and oxygen atoms in total. The predicted molar refractivity (Wildman–Crippen MR) is 169 cm³/mol. The number of halogens is 4. The maximum Gasteiger partial charge on any atom is 0.350 e. The summed E-state index contributed by atoms with van der Waals surface area (Å²) in [7, 11) is 0. The molecule has 0 N–H and O–H groups in total. The van der Waals surface area contributed by atoms with E-state index in [4.69, 9.17) is 16.3 Å². The number of hydrogen-bond donors (Lipinski definition) is 0. The van der Waals surface area contributed by atoms with Crippen molar-refractivity contribution < 1.29 is 22.7 Å². The molecule has 0 unspecified atom stereocenters. The molecule has 0 radical (unpaired) electrons. The van der Waals surface area contributed by atoms with Gasteiger partial charge < -0.3 is 19.4 Å². The zero-order chi connectivity index (χ0) is 31.6. The van der Waals surface area contributed by atoms with Gasteiger partial charge in [-0.15, -0.1) is 11.8 Å². The van der Waals surface area contributed by atoms with Gasteiger partial charge in [-0.2, -0.15) is 4.98 Å². The Kier molecular flexibility index (Phi) is 7.90. The van der Waals surface area contributed by atoms with E-state index in [0.717, 1.165) is 45.2 Å². The van der Waals surface area contributed by atoms with Crippen LogP contribution in [0.5, 0.6) is 0 Å². The van der Waals surface area contributed by atoms with E-state index in [1.165, 1.54) is 17.8 Å². The third-order valence-corrected chi connectivity index (χ3v) is 11.3. The minimum Gasteiger partial charge on any atom is -0.380 e. The fourth-order valence-corrected chi connectivity index (χ4v) is 8.85. The van der Waals surface area contributed by atoms with Crippen molar-refractivity contribution >= 4 is 46.0 Å². The summed E-state index contributed by atoms with van der Waals surface area (Å²) < 4.78 is 50.8. The third-order valence-electron chi connectivity index (χ3n) is 9.75. The van der Waals surface area contributed by atoms with Gasteiger partial charge >= 0.3 is 5.69 Å². The minimum absolute atomic E-state index is 0.138. The topological polar surface area (TPSA) is 70.9 Å². The molecule has 1 amide bonds. The molecule has 4 aliphatic heterocycles. The van der Waals surface area contributed by atoms with E-state index in [1.807, 2.05) is 11.8 Å². The number of carbonyl (C=O) groups excluding carboxylic acids is 1. The zero-order valence-corrected chi connectivity index (χ0v) is 26.4. The molecule has 2 aromatic carbocycles. The highest BCUT2D eigenvalue weighted by Crippen LogP contribution is 2.49. The molecule has 45 heavy (non-hydrogen) atoms. The number of carbonyl (C=O) groups is 1. The number of piperazine rings is 1. The van der Waals surface area contributed by atoms with Crippen molar-refractivity contribution in [3.63, 3.8) is 0 Å². The van der Waals surface area contributed by atoms with Crippen LogP contribution in [-0.2, 0) is 9.53 Å². The van der Waals surface area contributed by atoms with Crippen molar-refractivity contribution in [3.05, 3.63) is 63.8 Å². The summed E-state index contributed by atoms with van der Waals surface area (Å²) >= 11 is 8.29. The van der Waals surface area contributed by atoms with Gasteiger partial charge in [0.2, 0.25) is 5.91 Å². The summed E-state index contributed by atoms with van der Waals surface area (Å²) in [4.78, 5) is 37.5. The second-order valence-electron chi connectivity index (χ2n) is 12.6. The molecular weight excluding hydrogens is 627 g/mol. The van der Waals surface area contributed by atoms with Crippen molar-refractivity contribution in [1.29, 1.82) is 0 Å². The highest BCUT2D eigenvalue weighted by Gasteiger charge is 2.42. The average Bonchev–Trinajstić information content (AvgIpc) is 3.00. The van der Waals surface area contributed by atoms with Crippen molar-refractivity contribution in [2.45, 2.75) is 36.7 Å². The van der Waals surface area contributed by atoms with Gasteiger partial charge in [0.1, 0.15) is 11.6 Å². The maximum absolute atomic E-state index is 15.2. The van der Waals surface area contributed by atoms with Crippen LogP contribution in [0.25, 0.3) is 22.0 Å². The van der Waals surface area contributed by atoms with E-state index >= 15 is 4.39 Å². The molecule has 238 valence electrons. The predicted octanol–water partition coefficient (Wildman–Crippen LogP) is 5.12. The Morgan fingerprint density at radius 3 is 2.53 bits per heavy atom. The lowest BCUT2D eigenvalue weighted by Gasteiger charge is -2.48. The number of thioether (sulfide) groups is 1. The van der Waals surface area contributed by atoms with Gasteiger partial charge in [0.25, 0.3) is 0 Å². The third kappa shape index (κ3) is 5.23. The second-order valence-corrected chi connectivity index (χ2v) is 14.0. The molecular formula is C32H33ClF3N5O3S. The van der Waals surface area contributed by atoms with Crippen molar-refractivity contribution in [2.75, 3.05) is 63.1 Å². The lowest BCUT2D eigenvalue weighted by molar-refractivity contribution is -0.140. The molecule has 13 heteroatoms. The van der Waals surface area contributed by atoms with Crippen LogP contribution in [0, 0.1) is 22.9 Å². The number of likely N-dealkylation sites (tertiary alicyclic amines) is 1. The normalized spacial score (nSPS) is 23.0. The van der Waals surface area contributed by atoms with Gasteiger partial charge in [0.15, 0.2) is 11.6 Å². The first-order chi connectivity index (χ1) is 21.6. The number of nitrogens with zero attached hydrogens (tertiary/aromatic N) is 5. The summed E-state index contributed by atoms with van der Waals surface area (Å²) in [5.74, 6) is -2.68. The van der Waals surface area contributed by atoms with Gasteiger partial charge in [-0.1, -0.05) is 18.2 Å². The average molecular weight is 660 g/mol. The summed E-state index contributed by atoms with van der Waals surface area (Å²) in [6, 6.07) is 2.57. The van der Waals surface area contributed by atoms with Crippen LogP contribution in [0.3, 0.4) is 0 Å². The van der Waals surface area contributed by atoms with Gasteiger partial charge in [0, 0.05) is 70.9 Å². The molecule has 1 aromatic heterocycles. The summed E-state index contributed by atoms with van der Waals surface area (Å²) in [5.41, 5.74) is 0.421. The molecule has 4 aliphatic rings. The van der Waals surface area contributed by atoms with E-state index < -0.39 is 23.1 Å². The lowest BCUT2D eigenvalue weighted by Crippen LogP contribution is -2.54. The van der Waals surface area contributed by atoms with E-state index in [0.29, 0.717) is 59.6 Å². The van der Waals surface area contributed by atoms with Gasteiger partial charge in [-0.25, -0.2) is 18.0 Å². The Morgan fingerprint density at radius 2 is 1.87 bits per heavy atom. The lowest BCUT2D eigenvalue weighted by atomic mass is 9.77. The molecule has 1 spiro atoms. The number of aromatic nitrogens is 2. The quantitative estimate of drug-likeness (QED) is 0.278. The largest absolute Gasteiger partial charge is 0.380 e. The van der Waals surface area contributed by atoms with Crippen LogP contribution in [0.2, 0.25) is 5.02 Å².